The third kappa shape index (κ3) is 3.33. The summed E-state index contributed by atoms with van der Waals surface area (Å²) in [7, 11) is 0. The molecule has 0 N–H and O–H groups in total. The highest BCUT2D eigenvalue weighted by molar-refractivity contribution is 9.11. The Labute approximate surface area is 138 Å². The van der Waals surface area contributed by atoms with E-state index in [0.29, 0.717) is 10.6 Å². The molecular weight excluding hydrogens is 418 g/mol. The van der Waals surface area contributed by atoms with E-state index in [2.05, 4.69) is 31.9 Å². The molecule has 0 saturated heterocycles. The van der Waals surface area contributed by atoms with Crippen molar-refractivity contribution in [2.24, 2.45) is 0 Å². The Balaban J connectivity index is 2.49. The zero-order valence-electron chi connectivity index (χ0n) is 9.85. The average molecular weight is 427 g/mol. The van der Waals surface area contributed by atoms with Gasteiger partial charge in [-0.3, -0.25) is 0 Å². The second kappa shape index (κ2) is 6.13. The molecule has 2 rings (SSSR count). The molecule has 0 heterocycles. The third-order valence-electron chi connectivity index (χ3n) is 2.79. The fourth-order valence-corrected chi connectivity index (χ4v) is 3.61. The second-order valence-corrected chi connectivity index (χ2v) is 6.70. The normalized spacial score (nSPS) is 12.5. The molecule has 0 spiro atoms. The van der Waals surface area contributed by atoms with E-state index < -0.39 is 5.38 Å². The maximum atomic E-state index is 13.1. The molecule has 100 valence electrons. The van der Waals surface area contributed by atoms with Crippen LogP contribution in [0.1, 0.15) is 22.1 Å². The minimum atomic E-state index is -0.445. The van der Waals surface area contributed by atoms with Crippen LogP contribution in [0.4, 0.5) is 4.39 Å². The molecule has 1 unspecified atom stereocenters. The first kappa shape index (κ1) is 15.3. The predicted octanol–water partition coefficient (Wildman–Crippen LogP) is 6.64. The van der Waals surface area contributed by atoms with Crippen molar-refractivity contribution in [1.82, 2.24) is 0 Å². The molecule has 0 amide bonds. The lowest BCUT2D eigenvalue weighted by atomic mass is 10.0. The first-order valence-corrected chi connectivity index (χ1v) is 7.84. The monoisotopic (exact) mass is 424 g/mol. The summed E-state index contributed by atoms with van der Waals surface area (Å²) < 4.78 is 14.9. The Morgan fingerprint density at radius 1 is 1.05 bits per heavy atom. The molecule has 0 saturated carbocycles. The summed E-state index contributed by atoms with van der Waals surface area (Å²) in [6.45, 7) is 1.99. The fourth-order valence-electron chi connectivity index (χ4n) is 1.73. The lowest BCUT2D eigenvalue weighted by molar-refractivity contribution is 0.627. The van der Waals surface area contributed by atoms with Crippen LogP contribution >= 0.6 is 55.1 Å². The van der Waals surface area contributed by atoms with Gasteiger partial charge in [0.1, 0.15) is 5.82 Å². The van der Waals surface area contributed by atoms with Gasteiger partial charge in [-0.1, -0.05) is 49.5 Å². The van der Waals surface area contributed by atoms with Gasteiger partial charge in [0.05, 0.1) is 5.38 Å². The van der Waals surface area contributed by atoms with E-state index in [9.17, 15) is 4.39 Å². The number of halogens is 5. The van der Waals surface area contributed by atoms with Gasteiger partial charge in [-0.05, 0) is 47.9 Å². The van der Waals surface area contributed by atoms with Crippen LogP contribution in [-0.4, -0.2) is 0 Å². The van der Waals surface area contributed by atoms with Gasteiger partial charge in [-0.25, -0.2) is 4.39 Å². The summed E-state index contributed by atoms with van der Waals surface area (Å²) >= 11 is 19.5. The number of aryl methyl sites for hydroxylation is 1. The smallest absolute Gasteiger partial charge is 0.124 e. The van der Waals surface area contributed by atoms with Gasteiger partial charge in [0.2, 0.25) is 0 Å². The average Bonchev–Trinajstić information content (AvgIpc) is 2.33. The van der Waals surface area contributed by atoms with E-state index >= 15 is 0 Å². The van der Waals surface area contributed by atoms with Crippen molar-refractivity contribution < 1.29 is 4.39 Å². The number of hydrogen-bond donors (Lipinski definition) is 0. The molecule has 0 bridgehead atoms. The summed E-state index contributed by atoms with van der Waals surface area (Å²) in [6.07, 6.45) is 0. The van der Waals surface area contributed by atoms with Crippen LogP contribution in [0, 0.1) is 12.7 Å². The first-order valence-electron chi connectivity index (χ1n) is 5.44. The Morgan fingerprint density at radius 3 is 2.37 bits per heavy atom. The van der Waals surface area contributed by atoms with Crippen LogP contribution in [0.3, 0.4) is 0 Å². The van der Waals surface area contributed by atoms with Crippen LogP contribution in [0.5, 0.6) is 0 Å². The van der Waals surface area contributed by atoms with Gasteiger partial charge in [0.15, 0.2) is 0 Å². The van der Waals surface area contributed by atoms with E-state index in [1.54, 1.807) is 6.07 Å². The minimum Gasteiger partial charge on any atom is -0.207 e. The maximum absolute atomic E-state index is 13.1. The molecule has 0 aromatic heterocycles. The highest BCUT2D eigenvalue weighted by Crippen LogP contribution is 2.39. The fraction of sp³-hybridized carbons (Fsp3) is 0.143. The summed E-state index contributed by atoms with van der Waals surface area (Å²) in [5.74, 6) is -0.373. The summed E-state index contributed by atoms with van der Waals surface area (Å²) in [5, 5.41) is -0.122. The molecule has 19 heavy (non-hydrogen) atoms. The van der Waals surface area contributed by atoms with Crippen molar-refractivity contribution in [3.63, 3.8) is 0 Å². The molecule has 2 aromatic rings. The maximum Gasteiger partial charge on any atom is 0.124 e. The van der Waals surface area contributed by atoms with E-state index in [1.807, 2.05) is 19.1 Å². The Kier molecular flexibility index (Phi) is 4.93. The van der Waals surface area contributed by atoms with Gasteiger partial charge < -0.3 is 0 Å². The summed E-state index contributed by atoms with van der Waals surface area (Å²) in [6, 6.07) is 8.15. The number of benzene rings is 2. The Hall–Kier alpha value is -0.0900. The molecule has 0 nitrogen and oxygen atoms in total. The molecular formula is C14H9Br2Cl2F. The van der Waals surface area contributed by atoms with Gasteiger partial charge in [-0.15, -0.1) is 11.6 Å². The van der Waals surface area contributed by atoms with E-state index in [0.717, 1.165) is 20.1 Å². The summed E-state index contributed by atoms with van der Waals surface area (Å²) in [5.41, 5.74) is 2.67. The van der Waals surface area contributed by atoms with Crippen LogP contribution in [0.25, 0.3) is 0 Å². The van der Waals surface area contributed by atoms with Crippen LogP contribution in [0.2, 0.25) is 5.02 Å². The van der Waals surface area contributed by atoms with Crippen molar-refractivity contribution in [2.45, 2.75) is 12.3 Å². The van der Waals surface area contributed by atoms with E-state index in [4.69, 9.17) is 23.2 Å². The van der Waals surface area contributed by atoms with Gasteiger partial charge in [-0.2, -0.15) is 0 Å². The van der Waals surface area contributed by atoms with Crippen molar-refractivity contribution >= 4 is 55.1 Å². The number of alkyl halides is 1. The molecule has 0 aliphatic carbocycles. The Morgan fingerprint density at radius 2 is 1.74 bits per heavy atom. The molecule has 2 aromatic carbocycles. The lowest BCUT2D eigenvalue weighted by Gasteiger charge is -2.15. The van der Waals surface area contributed by atoms with Gasteiger partial charge in [0.25, 0.3) is 0 Å². The molecule has 1 atom stereocenters. The van der Waals surface area contributed by atoms with Crippen molar-refractivity contribution in [2.75, 3.05) is 0 Å². The van der Waals surface area contributed by atoms with E-state index in [1.165, 1.54) is 12.1 Å². The van der Waals surface area contributed by atoms with Crippen molar-refractivity contribution in [1.29, 1.82) is 0 Å². The first-order chi connectivity index (χ1) is 8.90. The number of hydrogen-bond acceptors (Lipinski definition) is 0. The van der Waals surface area contributed by atoms with Crippen LogP contribution in [0.15, 0.2) is 39.3 Å². The largest absolute Gasteiger partial charge is 0.207 e. The zero-order valence-corrected chi connectivity index (χ0v) is 14.5. The minimum absolute atomic E-state index is 0.323. The van der Waals surface area contributed by atoms with Crippen LogP contribution < -0.4 is 0 Å². The topological polar surface area (TPSA) is 0 Å². The SMILES string of the molecule is Cc1cc(Br)c(C(Cl)c2ccc(F)cc2Cl)cc1Br. The van der Waals surface area contributed by atoms with Crippen LogP contribution in [-0.2, 0) is 0 Å². The van der Waals surface area contributed by atoms with Crippen molar-refractivity contribution in [3.05, 3.63) is 66.8 Å². The molecule has 5 heteroatoms. The summed E-state index contributed by atoms with van der Waals surface area (Å²) in [4.78, 5) is 0. The lowest BCUT2D eigenvalue weighted by Crippen LogP contribution is -1.97. The quantitative estimate of drug-likeness (QED) is 0.472. The highest BCUT2D eigenvalue weighted by Gasteiger charge is 2.18. The number of rotatable bonds is 2. The van der Waals surface area contributed by atoms with E-state index in [-0.39, 0.29) is 5.82 Å². The predicted molar refractivity (Wildman–Crippen MR) is 85.7 cm³/mol. The highest BCUT2D eigenvalue weighted by atomic mass is 79.9. The second-order valence-electron chi connectivity index (χ2n) is 4.15. The molecule has 0 fully saturated rings. The van der Waals surface area contributed by atoms with Crippen molar-refractivity contribution in [3.8, 4) is 0 Å². The molecule has 0 aliphatic heterocycles. The van der Waals surface area contributed by atoms with Gasteiger partial charge >= 0.3 is 0 Å². The van der Waals surface area contributed by atoms with Gasteiger partial charge in [0, 0.05) is 14.0 Å². The standard InChI is InChI=1S/C14H9Br2Cl2F/c1-7-4-12(16)10(6-11(7)15)14(18)9-3-2-8(19)5-13(9)17/h2-6,14H,1H3. The molecule has 0 radical (unpaired) electrons. The zero-order chi connectivity index (χ0) is 14.2. The Bertz CT molecular complexity index is 629. The third-order valence-corrected chi connectivity index (χ3v) is 5.13. The molecule has 0 aliphatic rings.